The van der Waals surface area contributed by atoms with Crippen molar-refractivity contribution in [2.45, 2.75) is 32.2 Å². The first-order valence-electron chi connectivity index (χ1n) is 6.22. The van der Waals surface area contributed by atoms with Crippen molar-refractivity contribution in [1.29, 1.82) is 0 Å². The highest BCUT2D eigenvalue weighted by molar-refractivity contribution is 5.85. The van der Waals surface area contributed by atoms with E-state index < -0.39 is 0 Å². The zero-order valence-electron chi connectivity index (χ0n) is 10.5. The van der Waals surface area contributed by atoms with E-state index in [0.29, 0.717) is 0 Å². The van der Waals surface area contributed by atoms with Gasteiger partial charge in [-0.25, -0.2) is 0 Å². The Kier molecular flexibility index (Phi) is 5.51. The van der Waals surface area contributed by atoms with Gasteiger partial charge in [-0.05, 0) is 45.7 Å². The maximum atomic E-state index is 5.55. The van der Waals surface area contributed by atoms with Crippen LogP contribution in [-0.2, 0) is 4.74 Å². The van der Waals surface area contributed by atoms with E-state index in [1.165, 1.54) is 32.5 Å². The number of rotatable bonds is 2. The third-order valence-corrected chi connectivity index (χ3v) is 3.69. The lowest BCUT2D eigenvalue weighted by atomic mass is 9.95. The predicted octanol–water partition coefficient (Wildman–Crippen LogP) is 1.52. The molecule has 3 nitrogen and oxygen atoms in total. The zero-order valence-corrected chi connectivity index (χ0v) is 11.3. The summed E-state index contributed by atoms with van der Waals surface area (Å²) >= 11 is 0. The van der Waals surface area contributed by atoms with Crippen molar-refractivity contribution < 1.29 is 4.74 Å². The summed E-state index contributed by atoms with van der Waals surface area (Å²) in [5.74, 6) is 0.844. The Morgan fingerprint density at radius 3 is 2.88 bits per heavy atom. The van der Waals surface area contributed by atoms with Crippen LogP contribution < -0.4 is 5.32 Å². The molecule has 96 valence electrons. The van der Waals surface area contributed by atoms with Gasteiger partial charge in [-0.2, -0.15) is 0 Å². The van der Waals surface area contributed by atoms with E-state index in [1.807, 2.05) is 0 Å². The first-order valence-corrected chi connectivity index (χ1v) is 6.22. The molecule has 2 aliphatic heterocycles. The maximum Gasteiger partial charge on any atom is 0.0645 e. The van der Waals surface area contributed by atoms with Crippen molar-refractivity contribution in [2.75, 3.05) is 39.4 Å². The molecule has 0 radical (unpaired) electrons. The Morgan fingerprint density at radius 1 is 1.44 bits per heavy atom. The molecule has 0 bridgehead atoms. The Morgan fingerprint density at radius 2 is 2.25 bits per heavy atom. The standard InChI is InChI=1S/C12H24N2O.ClH/c1-12(2)10-15-7-6-14(12)9-11-4-3-5-13-8-11;/h11,13H,3-10H2,1-2H3;1H. The molecule has 0 aromatic heterocycles. The fraction of sp³-hybridized carbons (Fsp3) is 1.00. The monoisotopic (exact) mass is 248 g/mol. The SMILES string of the molecule is CC1(C)COCCN1CC1CCCNC1.Cl. The zero-order chi connectivity index (χ0) is 10.7. The molecule has 1 N–H and O–H groups in total. The lowest BCUT2D eigenvalue weighted by molar-refractivity contribution is -0.0582. The van der Waals surface area contributed by atoms with Crippen LogP contribution in [0.4, 0.5) is 0 Å². The van der Waals surface area contributed by atoms with Crippen LogP contribution in [0.2, 0.25) is 0 Å². The highest BCUT2D eigenvalue weighted by Gasteiger charge is 2.32. The third kappa shape index (κ3) is 3.59. The van der Waals surface area contributed by atoms with Crippen LogP contribution in [0.5, 0.6) is 0 Å². The second kappa shape index (κ2) is 6.20. The smallest absolute Gasteiger partial charge is 0.0645 e. The van der Waals surface area contributed by atoms with Crippen LogP contribution in [0.3, 0.4) is 0 Å². The Balaban J connectivity index is 0.00000128. The average Bonchev–Trinajstić information content (AvgIpc) is 2.23. The van der Waals surface area contributed by atoms with Crippen molar-refractivity contribution >= 4 is 12.4 Å². The summed E-state index contributed by atoms with van der Waals surface area (Å²) in [6.07, 6.45) is 2.73. The van der Waals surface area contributed by atoms with Gasteiger partial charge in [0.15, 0.2) is 0 Å². The average molecular weight is 249 g/mol. The van der Waals surface area contributed by atoms with E-state index in [0.717, 1.165) is 25.7 Å². The first-order chi connectivity index (χ1) is 7.18. The quantitative estimate of drug-likeness (QED) is 0.802. The van der Waals surface area contributed by atoms with Gasteiger partial charge in [0.2, 0.25) is 0 Å². The van der Waals surface area contributed by atoms with E-state index >= 15 is 0 Å². The highest BCUT2D eigenvalue weighted by Crippen LogP contribution is 2.22. The number of halogens is 1. The van der Waals surface area contributed by atoms with E-state index in [9.17, 15) is 0 Å². The van der Waals surface area contributed by atoms with Crippen molar-refractivity contribution in [3.05, 3.63) is 0 Å². The fourth-order valence-electron chi connectivity index (χ4n) is 2.62. The summed E-state index contributed by atoms with van der Waals surface area (Å²) in [5, 5.41) is 3.49. The topological polar surface area (TPSA) is 24.5 Å². The van der Waals surface area contributed by atoms with Gasteiger partial charge in [0.25, 0.3) is 0 Å². The summed E-state index contributed by atoms with van der Waals surface area (Å²) < 4.78 is 5.55. The van der Waals surface area contributed by atoms with Crippen LogP contribution in [0.25, 0.3) is 0 Å². The number of nitrogens with zero attached hydrogens (tertiary/aromatic N) is 1. The number of piperidine rings is 1. The molecule has 1 unspecified atom stereocenters. The molecule has 0 aromatic rings. The molecule has 2 aliphatic rings. The van der Waals surface area contributed by atoms with Crippen molar-refractivity contribution in [3.63, 3.8) is 0 Å². The van der Waals surface area contributed by atoms with Crippen LogP contribution in [-0.4, -0.2) is 49.8 Å². The minimum absolute atomic E-state index is 0. The largest absolute Gasteiger partial charge is 0.378 e. The van der Waals surface area contributed by atoms with Gasteiger partial charge in [0.05, 0.1) is 13.2 Å². The molecule has 2 saturated heterocycles. The molecule has 0 aromatic carbocycles. The molecule has 2 fully saturated rings. The van der Waals surface area contributed by atoms with Crippen LogP contribution in [0, 0.1) is 5.92 Å². The molecule has 0 spiro atoms. The minimum atomic E-state index is 0. The molecular formula is C12H25ClN2O. The van der Waals surface area contributed by atoms with E-state index in [4.69, 9.17) is 4.74 Å². The van der Waals surface area contributed by atoms with Gasteiger partial charge in [-0.3, -0.25) is 4.90 Å². The van der Waals surface area contributed by atoms with E-state index in [2.05, 4.69) is 24.1 Å². The highest BCUT2D eigenvalue weighted by atomic mass is 35.5. The first kappa shape index (κ1) is 14.2. The summed E-state index contributed by atoms with van der Waals surface area (Å²) in [5.41, 5.74) is 0.232. The third-order valence-electron chi connectivity index (χ3n) is 3.69. The van der Waals surface area contributed by atoms with Gasteiger partial charge in [-0.15, -0.1) is 12.4 Å². The van der Waals surface area contributed by atoms with Crippen LogP contribution in [0.15, 0.2) is 0 Å². The van der Waals surface area contributed by atoms with Crippen molar-refractivity contribution in [1.82, 2.24) is 10.2 Å². The molecule has 1 atom stereocenters. The van der Waals surface area contributed by atoms with Crippen LogP contribution >= 0.6 is 12.4 Å². The van der Waals surface area contributed by atoms with Crippen molar-refractivity contribution in [3.8, 4) is 0 Å². The summed E-state index contributed by atoms with van der Waals surface area (Å²) in [7, 11) is 0. The summed E-state index contributed by atoms with van der Waals surface area (Å²) in [4.78, 5) is 2.61. The molecule has 0 saturated carbocycles. The number of hydrogen-bond donors (Lipinski definition) is 1. The number of morpholine rings is 1. The molecule has 2 heterocycles. The molecular weight excluding hydrogens is 224 g/mol. The van der Waals surface area contributed by atoms with Gasteiger partial charge in [0, 0.05) is 18.6 Å². The van der Waals surface area contributed by atoms with Gasteiger partial charge in [-0.1, -0.05) is 0 Å². The Hall–Kier alpha value is 0.170. The maximum absolute atomic E-state index is 5.55. The second-order valence-corrected chi connectivity index (χ2v) is 5.52. The van der Waals surface area contributed by atoms with Gasteiger partial charge >= 0.3 is 0 Å². The molecule has 16 heavy (non-hydrogen) atoms. The summed E-state index contributed by atoms with van der Waals surface area (Å²) in [6.45, 7) is 11.1. The Bertz CT molecular complexity index is 205. The second-order valence-electron chi connectivity index (χ2n) is 5.52. The fourth-order valence-corrected chi connectivity index (χ4v) is 2.62. The van der Waals surface area contributed by atoms with Crippen LogP contribution in [0.1, 0.15) is 26.7 Å². The normalized spacial score (nSPS) is 30.8. The van der Waals surface area contributed by atoms with Crippen molar-refractivity contribution in [2.24, 2.45) is 5.92 Å². The Labute approximate surface area is 105 Å². The van der Waals surface area contributed by atoms with E-state index in [-0.39, 0.29) is 17.9 Å². The molecule has 0 amide bonds. The molecule has 0 aliphatic carbocycles. The van der Waals surface area contributed by atoms with Gasteiger partial charge in [0.1, 0.15) is 0 Å². The number of nitrogens with one attached hydrogen (secondary N) is 1. The van der Waals surface area contributed by atoms with E-state index in [1.54, 1.807) is 0 Å². The lowest BCUT2D eigenvalue weighted by Crippen LogP contribution is -2.55. The molecule has 2 rings (SSSR count). The number of ether oxygens (including phenoxy) is 1. The lowest BCUT2D eigenvalue weighted by Gasteiger charge is -2.44. The predicted molar refractivity (Wildman–Crippen MR) is 69.3 cm³/mol. The van der Waals surface area contributed by atoms with Gasteiger partial charge < -0.3 is 10.1 Å². The molecule has 4 heteroatoms. The number of hydrogen-bond acceptors (Lipinski definition) is 3. The summed E-state index contributed by atoms with van der Waals surface area (Å²) in [6, 6.07) is 0. The minimum Gasteiger partial charge on any atom is -0.378 e.